The van der Waals surface area contributed by atoms with Gasteiger partial charge in [0, 0.05) is 36.6 Å². The second-order valence-corrected chi connectivity index (χ2v) is 6.79. The standard InChI is InChI=1S/C19H25ClN2O4/c1-2-26-18(24)10-12-22(13-14-3-4-14)17(23)9-11-21-19(25)15-5-7-16(20)8-6-15/h5-8,14H,2-4,9-13H2,1H3,(H,21,25). The highest BCUT2D eigenvalue weighted by Crippen LogP contribution is 2.29. The van der Waals surface area contributed by atoms with Crippen LogP contribution in [0.4, 0.5) is 0 Å². The quantitative estimate of drug-likeness (QED) is 0.633. The Bertz CT molecular complexity index is 629. The predicted octanol–water partition coefficient (Wildman–Crippen LogP) is 2.65. The van der Waals surface area contributed by atoms with Gasteiger partial charge in [-0.3, -0.25) is 14.4 Å². The van der Waals surface area contributed by atoms with Crippen molar-refractivity contribution in [2.75, 3.05) is 26.2 Å². The van der Waals surface area contributed by atoms with Crippen LogP contribution in [0.3, 0.4) is 0 Å². The molecule has 2 rings (SSSR count). The summed E-state index contributed by atoms with van der Waals surface area (Å²) in [6, 6.07) is 6.57. The number of rotatable bonds is 10. The van der Waals surface area contributed by atoms with Crippen molar-refractivity contribution >= 4 is 29.4 Å². The summed E-state index contributed by atoms with van der Waals surface area (Å²) >= 11 is 5.80. The van der Waals surface area contributed by atoms with Crippen LogP contribution in [0.1, 0.15) is 43.0 Å². The molecule has 1 aromatic carbocycles. The van der Waals surface area contributed by atoms with Crippen LogP contribution in [-0.4, -0.2) is 48.9 Å². The number of hydrogen-bond donors (Lipinski definition) is 1. The lowest BCUT2D eigenvalue weighted by atomic mass is 10.2. The van der Waals surface area contributed by atoms with Gasteiger partial charge in [-0.1, -0.05) is 11.6 Å². The lowest BCUT2D eigenvalue weighted by molar-refractivity contribution is -0.144. The first-order chi connectivity index (χ1) is 12.5. The molecule has 6 nitrogen and oxygen atoms in total. The molecule has 142 valence electrons. The lowest BCUT2D eigenvalue weighted by Crippen LogP contribution is -2.37. The molecule has 0 radical (unpaired) electrons. The zero-order valence-electron chi connectivity index (χ0n) is 15.0. The molecule has 0 heterocycles. The van der Waals surface area contributed by atoms with Gasteiger partial charge in [-0.15, -0.1) is 0 Å². The summed E-state index contributed by atoms with van der Waals surface area (Å²) in [4.78, 5) is 37.7. The number of carbonyl (C=O) groups excluding carboxylic acids is 3. The van der Waals surface area contributed by atoms with Crippen LogP contribution >= 0.6 is 11.6 Å². The Morgan fingerprint density at radius 1 is 1.19 bits per heavy atom. The Morgan fingerprint density at radius 2 is 1.88 bits per heavy atom. The van der Waals surface area contributed by atoms with Crippen molar-refractivity contribution in [2.24, 2.45) is 5.92 Å². The molecule has 26 heavy (non-hydrogen) atoms. The molecule has 1 aliphatic carbocycles. The number of carbonyl (C=O) groups is 3. The summed E-state index contributed by atoms with van der Waals surface area (Å²) in [5, 5.41) is 3.30. The molecule has 1 saturated carbocycles. The molecule has 0 aromatic heterocycles. The van der Waals surface area contributed by atoms with Gasteiger partial charge in [0.25, 0.3) is 5.91 Å². The van der Waals surface area contributed by atoms with Crippen molar-refractivity contribution < 1.29 is 19.1 Å². The van der Waals surface area contributed by atoms with E-state index in [9.17, 15) is 14.4 Å². The Hall–Kier alpha value is -2.08. The van der Waals surface area contributed by atoms with Crippen molar-refractivity contribution in [3.05, 3.63) is 34.9 Å². The van der Waals surface area contributed by atoms with Crippen LogP contribution in [0, 0.1) is 5.92 Å². The zero-order chi connectivity index (χ0) is 18.9. The average molecular weight is 381 g/mol. The molecule has 2 amide bonds. The van der Waals surface area contributed by atoms with Gasteiger partial charge in [0.05, 0.1) is 13.0 Å². The van der Waals surface area contributed by atoms with E-state index in [0.717, 1.165) is 12.8 Å². The van der Waals surface area contributed by atoms with E-state index in [4.69, 9.17) is 16.3 Å². The van der Waals surface area contributed by atoms with Gasteiger partial charge >= 0.3 is 5.97 Å². The van der Waals surface area contributed by atoms with Gasteiger partial charge < -0.3 is 15.0 Å². The monoisotopic (exact) mass is 380 g/mol. The Balaban J connectivity index is 1.77. The highest BCUT2D eigenvalue weighted by atomic mass is 35.5. The fourth-order valence-corrected chi connectivity index (χ4v) is 2.66. The van der Waals surface area contributed by atoms with E-state index in [2.05, 4.69) is 5.32 Å². The van der Waals surface area contributed by atoms with E-state index in [0.29, 0.717) is 36.2 Å². The Kier molecular flexibility index (Phi) is 7.91. The van der Waals surface area contributed by atoms with Gasteiger partial charge in [0.1, 0.15) is 0 Å². The second kappa shape index (κ2) is 10.2. The molecule has 0 saturated heterocycles. The van der Waals surface area contributed by atoms with Crippen molar-refractivity contribution in [3.8, 4) is 0 Å². The number of hydrogen-bond acceptors (Lipinski definition) is 4. The maximum Gasteiger partial charge on any atom is 0.307 e. The van der Waals surface area contributed by atoms with Crippen molar-refractivity contribution in [1.82, 2.24) is 10.2 Å². The first-order valence-electron chi connectivity index (χ1n) is 8.96. The number of ether oxygens (including phenoxy) is 1. The lowest BCUT2D eigenvalue weighted by Gasteiger charge is -2.22. The molecular weight excluding hydrogens is 356 g/mol. The molecule has 0 bridgehead atoms. The number of halogens is 1. The predicted molar refractivity (Wildman–Crippen MR) is 99.0 cm³/mol. The number of amides is 2. The smallest absolute Gasteiger partial charge is 0.307 e. The third-order valence-electron chi connectivity index (χ3n) is 4.15. The summed E-state index contributed by atoms with van der Waals surface area (Å²) in [6.45, 7) is 3.38. The summed E-state index contributed by atoms with van der Waals surface area (Å²) < 4.78 is 4.92. The number of nitrogens with zero attached hydrogens (tertiary/aromatic N) is 1. The first-order valence-corrected chi connectivity index (χ1v) is 9.34. The van der Waals surface area contributed by atoms with E-state index in [1.54, 1.807) is 36.1 Å². The number of esters is 1. The maximum absolute atomic E-state index is 12.4. The van der Waals surface area contributed by atoms with E-state index >= 15 is 0 Å². The molecule has 0 spiro atoms. The second-order valence-electron chi connectivity index (χ2n) is 6.35. The highest BCUT2D eigenvalue weighted by Gasteiger charge is 2.27. The van der Waals surface area contributed by atoms with E-state index < -0.39 is 0 Å². The molecular formula is C19H25ClN2O4. The summed E-state index contributed by atoms with van der Waals surface area (Å²) in [5.41, 5.74) is 0.499. The zero-order valence-corrected chi connectivity index (χ0v) is 15.8. The average Bonchev–Trinajstić information content (AvgIpc) is 3.43. The molecule has 0 aliphatic heterocycles. The fraction of sp³-hybridized carbons (Fsp3) is 0.526. The van der Waals surface area contributed by atoms with Crippen molar-refractivity contribution in [1.29, 1.82) is 0 Å². The van der Waals surface area contributed by atoms with Gasteiger partial charge in [-0.2, -0.15) is 0 Å². The van der Waals surface area contributed by atoms with Gasteiger partial charge in [0.15, 0.2) is 0 Å². The fourth-order valence-electron chi connectivity index (χ4n) is 2.53. The molecule has 0 unspecified atom stereocenters. The summed E-state index contributed by atoms with van der Waals surface area (Å²) in [7, 11) is 0. The molecule has 1 fully saturated rings. The Morgan fingerprint density at radius 3 is 2.50 bits per heavy atom. The first kappa shape index (κ1) is 20.2. The van der Waals surface area contributed by atoms with Crippen molar-refractivity contribution in [3.63, 3.8) is 0 Å². The molecule has 1 aromatic rings. The minimum atomic E-state index is -0.294. The molecule has 1 aliphatic rings. The third-order valence-corrected chi connectivity index (χ3v) is 4.40. The third kappa shape index (κ3) is 7.04. The van der Waals surface area contributed by atoms with Crippen LogP contribution < -0.4 is 5.32 Å². The molecule has 1 N–H and O–H groups in total. The largest absolute Gasteiger partial charge is 0.466 e. The highest BCUT2D eigenvalue weighted by molar-refractivity contribution is 6.30. The topological polar surface area (TPSA) is 75.7 Å². The summed E-state index contributed by atoms with van der Waals surface area (Å²) in [6.07, 6.45) is 2.64. The number of nitrogens with one attached hydrogen (secondary N) is 1. The minimum absolute atomic E-state index is 0.0578. The van der Waals surface area contributed by atoms with E-state index in [1.165, 1.54) is 0 Å². The van der Waals surface area contributed by atoms with Crippen molar-refractivity contribution in [2.45, 2.75) is 32.6 Å². The van der Waals surface area contributed by atoms with Gasteiger partial charge in [-0.05, 0) is 49.9 Å². The number of benzene rings is 1. The maximum atomic E-state index is 12.4. The van der Waals surface area contributed by atoms with Gasteiger partial charge in [-0.25, -0.2) is 0 Å². The molecule has 0 atom stereocenters. The summed E-state index contributed by atoms with van der Waals surface area (Å²) in [5.74, 6) is -0.0609. The van der Waals surface area contributed by atoms with Crippen LogP contribution in [0.15, 0.2) is 24.3 Å². The normalized spacial score (nSPS) is 13.2. The van der Waals surface area contributed by atoms with E-state index in [-0.39, 0.29) is 37.2 Å². The van der Waals surface area contributed by atoms with Crippen LogP contribution in [0.25, 0.3) is 0 Å². The van der Waals surface area contributed by atoms with E-state index in [1.807, 2.05) is 0 Å². The molecule has 7 heteroatoms. The minimum Gasteiger partial charge on any atom is -0.466 e. The van der Waals surface area contributed by atoms with Crippen LogP contribution in [0.2, 0.25) is 5.02 Å². The van der Waals surface area contributed by atoms with Gasteiger partial charge in [0.2, 0.25) is 5.91 Å². The van der Waals surface area contributed by atoms with Crippen LogP contribution in [0.5, 0.6) is 0 Å². The Labute approximate surface area is 158 Å². The van der Waals surface area contributed by atoms with Crippen LogP contribution in [-0.2, 0) is 14.3 Å². The SMILES string of the molecule is CCOC(=O)CCN(CC1CC1)C(=O)CCNC(=O)c1ccc(Cl)cc1.